The van der Waals surface area contributed by atoms with E-state index < -0.39 is 17.2 Å². The Balaban J connectivity index is 2.78. The van der Waals surface area contributed by atoms with Crippen LogP contribution in [0.1, 0.15) is 26.3 Å². The van der Waals surface area contributed by atoms with E-state index in [0.29, 0.717) is 5.56 Å². The number of carbonyl (C=O) groups excluding carboxylic acids is 2. The summed E-state index contributed by atoms with van der Waals surface area (Å²) in [5.41, 5.74) is 0.0116. The summed E-state index contributed by atoms with van der Waals surface area (Å²) in [5.74, 6) is -1.72. The summed E-state index contributed by atoms with van der Waals surface area (Å²) in [6, 6.07) is 8.57. The van der Waals surface area contributed by atoms with Crippen LogP contribution in [0.25, 0.3) is 5.76 Å². The summed E-state index contributed by atoms with van der Waals surface area (Å²) in [6.07, 6.45) is 0.927. The van der Waals surface area contributed by atoms with Crippen LogP contribution in [0.3, 0.4) is 0 Å². The molecule has 1 aromatic rings. The smallest absolute Gasteiger partial charge is 0.292 e. The average molecular weight is 247 g/mol. The third kappa shape index (κ3) is 4.41. The van der Waals surface area contributed by atoms with Crippen molar-refractivity contribution in [3.63, 3.8) is 0 Å². The van der Waals surface area contributed by atoms with Crippen LogP contribution in [0.15, 0.2) is 36.4 Å². The Hall–Kier alpha value is -2.10. The Morgan fingerprint density at radius 1 is 1.17 bits per heavy atom. The van der Waals surface area contributed by atoms with Crippen LogP contribution < -0.4 is 5.32 Å². The Bertz CT molecular complexity index is 470. The van der Waals surface area contributed by atoms with Crippen molar-refractivity contribution < 1.29 is 14.7 Å². The lowest BCUT2D eigenvalue weighted by atomic mass is 10.1. The molecule has 18 heavy (non-hydrogen) atoms. The first-order chi connectivity index (χ1) is 8.29. The number of ketones is 1. The third-order valence-corrected chi connectivity index (χ3v) is 2.05. The number of nitrogens with one attached hydrogen (secondary N) is 1. The van der Waals surface area contributed by atoms with Crippen molar-refractivity contribution in [1.29, 1.82) is 0 Å². The lowest BCUT2D eigenvalue weighted by Crippen LogP contribution is -2.43. The molecule has 0 unspecified atom stereocenters. The van der Waals surface area contributed by atoms with Gasteiger partial charge in [0.15, 0.2) is 0 Å². The Labute approximate surface area is 106 Å². The first kappa shape index (κ1) is 14.0. The van der Waals surface area contributed by atoms with E-state index in [0.717, 1.165) is 6.08 Å². The fraction of sp³-hybridized carbons (Fsp3) is 0.286. The van der Waals surface area contributed by atoms with Crippen LogP contribution in [0.5, 0.6) is 0 Å². The van der Waals surface area contributed by atoms with Crippen molar-refractivity contribution in [1.82, 2.24) is 5.32 Å². The Morgan fingerprint density at radius 3 is 2.22 bits per heavy atom. The highest BCUT2D eigenvalue weighted by atomic mass is 16.3. The van der Waals surface area contributed by atoms with Crippen LogP contribution in [0.2, 0.25) is 0 Å². The summed E-state index contributed by atoms with van der Waals surface area (Å²) in [6.45, 7) is 5.33. The number of benzene rings is 1. The van der Waals surface area contributed by atoms with Crippen LogP contribution in [0.4, 0.5) is 0 Å². The third-order valence-electron chi connectivity index (χ3n) is 2.05. The van der Waals surface area contributed by atoms with E-state index in [1.165, 1.54) is 0 Å². The highest BCUT2D eigenvalue weighted by molar-refractivity contribution is 6.41. The first-order valence-corrected chi connectivity index (χ1v) is 5.62. The minimum Gasteiger partial charge on any atom is -0.507 e. The van der Waals surface area contributed by atoms with E-state index in [2.05, 4.69) is 5.32 Å². The van der Waals surface area contributed by atoms with Gasteiger partial charge in [0, 0.05) is 17.2 Å². The molecule has 96 valence electrons. The minimum atomic E-state index is -0.772. The molecule has 2 N–H and O–H groups in total. The van der Waals surface area contributed by atoms with Gasteiger partial charge in [-0.1, -0.05) is 30.3 Å². The predicted molar refractivity (Wildman–Crippen MR) is 70.0 cm³/mol. The molecule has 4 nitrogen and oxygen atoms in total. The van der Waals surface area contributed by atoms with E-state index in [-0.39, 0.29) is 5.76 Å². The van der Waals surface area contributed by atoms with Gasteiger partial charge in [-0.05, 0) is 20.8 Å². The monoisotopic (exact) mass is 247 g/mol. The Morgan fingerprint density at radius 2 is 1.72 bits per heavy atom. The van der Waals surface area contributed by atoms with E-state index in [4.69, 9.17) is 0 Å². The molecular weight excluding hydrogens is 230 g/mol. The molecule has 0 radical (unpaired) electrons. The SMILES string of the molecule is CC(C)(C)NC(=O)C(=O)C=C(O)c1ccccc1. The molecule has 0 spiro atoms. The molecule has 0 fully saturated rings. The van der Waals surface area contributed by atoms with Gasteiger partial charge in [-0.25, -0.2) is 0 Å². The van der Waals surface area contributed by atoms with Crippen LogP contribution in [0, 0.1) is 0 Å². The molecule has 0 aliphatic carbocycles. The van der Waals surface area contributed by atoms with E-state index in [9.17, 15) is 14.7 Å². The fourth-order valence-corrected chi connectivity index (χ4v) is 1.28. The summed E-state index contributed by atoms with van der Waals surface area (Å²) in [5, 5.41) is 12.2. The zero-order chi connectivity index (χ0) is 13.8. The van der Waals surface area contributed by atoms with Gasteiger partial charge in [-0.3, -0.25) is 9.59 Å². The largest absolute Gasteiger partial charge is 0.507 e. The second-order valence-corrected chi connectivity index (χ2v) is 4.96. The molecule has 1 amide bonds. The highest BCUT2D eigenvalue weighted by Gasteiger charge is 2.19. The lowest BCUT2D eigenvalue weighted by Gasteiger charge is -2.19. The lowest BCUT2D eigenvalue weighted by molar-refractivity contribution is -0.136. The minimum absolute atomic E-state index is 0.218. The molecule has 0 saturated heterocycles. The second kappa shape index (κ2) is 5.49. The molecule has 0 heterocycles. The van der Waals surface area contributed by atoms with Gasteiger partial charge in [0.05, 0.1) is 0 Å². The van der Waals surface area contributed by atoms with Gasteiger partial charge in [-0.2, -0.15) is 0 Å². The average Bonchev–Trinajstić information content (AvgIpc) is 2.27. The summed E-state index contributed by atoms with van der Waals surface area (Å²) < 4.78 is 0. The molecule has 0 aliphatic rings. The quantitative estimate of drug-likeness (QED) is 0.488. The maximum atomic E-state index is 11.6. The molecule has 0 bridgehead atoms. The molecule has 0 saturated carbocycles. The van der Waals surface area contributed by atoms with Crippen molar-refractivity contribution >= 4 is 17.4 Å². The molecule has 0 aromatic heterocycles. The number of hydrogen-bond donors (Lipinski definition) is 2. The summed E-state index contributed by atoms with van der Waals surface area (Å²) in [4.78, 5) is 23.1. The van der Waals surface area contributed by atoms with Gasteiger partial charge >= 0.3 is 0 Å². The second-order valence-electron chi connectivity index (χ2n) is 4.96. The fourth-order valence-electron chi connectivity index (χ4n) is 1.28. The van der Waals surface area contributed by atoms with Crippen molar-refractivity contribution in [2.75, 3.05) is 0 Å². The number of aliphatic hydroxyl groups is 1. The van der Waals surface area contributed by atoms with Crippen LogP contribution in [-0.4, -0.2) is 22.3 Å². The zero-order valence-electron chi connectivity index (χ0n) is 10.7. The predicted octanol–water partition coefficient (Wildman–Crippen LogP) is 2.07. The van der Waals surface area contributed by atoms with E-state index in [1.54, 1.807) is 51.1 Å². The van der Waals surface area contributed by atoms with Gasteiger partial charge in [0.25, 0.3) is 5.91 Å². The molecule has 1 rings (SSSR count). The van der Waals surface area contributed by atoms with Crippen LogP contribution >= 0.6 is 0 Å². The topological polar surface area (TPSA) is 66.4 Å². The van der Waals surface area contributed by atoms with Gasteiger partial charge < -0.3 is 10.4 Å². The number of carbonyl (C=O) groups is 2. The summed E-state index contributed by atoms with van der Waals surface area (Å²) in [7, 11) is 0. The highest BCUT2D eigenvalue weighted by Crippen LogP contribution is 2.10. The molecule has 4 heteroatoms. The normalized spacial score (nSPS) is 12.1. The number of rotatable bonds is 3. The van der Waals surface area contributed by atoms with Crippen molar-refractivity contribution in [2.24, 2.45) is 0 Å². The molecular formula is C14H17NO3. The Kier molecular flexibility index (Phi) is 4.26. The van der Waals surface area contributed by atoms with Gasteiger partial charge in [0.2, 0.25) is 5.78 Å². The molecule has 0 atom stereocenters. The van der Waals surface area contributed by atoms with Gasteiger partial charge in [-0.15, -0.1) is 0 Å². The standard InChI is InChI=1S/C14H17NO3/c1-14(2,3)15-13(18)12(17)9-11(16)10-7-5-4-6-8-10/h4-9,16H,1-3H3,(H,15,18). The zero-order valence-corrected chi connectivity index (χ0v) is 10.7. The van der Waals surface area contributed by atoms with Crippen molar-refractivity contribution in [3.05, 3.63) is 42.0 Å². The number of aliphatic hydroxyl groups excluding tert-OH is 1. The van der Waals surface area contributed by atoms with E-state index in [1.807, 2.05) is 0 Å². The van der Waals surface area contributed by atoms with Gasteiger partial charge in [0.1, 0.15) is 5.76 Å². The molecule has 0 aliphatic heterocycles. The molecule has 1 aromatic carbocycles. The summed E-state index contributed by atoms with van der Waals surface area (Å²) >= 11 is 0. The van der Waals surface area contributed by atoms with Crippen LogP contribution in [-0.2, 0) is 9.59 Å². The first-order valence-electron chi connectivity index (χ1n) is 5.62. The van der Waals surface area contributed by atoms with Crippen molar-refractivity contribution in [2.45, 2.75) is 26.3 Å². The number of hydrogen-bond acceptors (Lipinski definition) is 3. The maximum Gasteiger partial charge on any atom is 0.292 e. The van der Waals surface area contributed by atoms with Crippen molar-refractivity contribution in [3.8, 4) is 0 Å². The van der Waals surface area contributed by atoms with E-state index >= 15 is 0 Å². The number of amides is 1. The maximum absolute atomic E-state index is 11.6.